The SMILES string of the molecule is COc1cc(-c2ccc3c(c2)CN(c2cn[nH]c2)C32CO2)cnc1OC. The van der Waals surface area contributed by atoms with Crippen LogP contribution in [0.1, 0.15) is 11.1 Å². The Morgan fingerprint density at radius 3 is 2.73 bits per heavy atom. The van der Waals surface area contributed by atoms with Gasteiger partial charge in [-0.15, -0.1) is 0 Å². The Labute approximate surface area is 150 Å². The van der Waals surface area contributed by atoms with E-state index in [1.807, 2.05) is 18.5 Å². The van der Waals surface area contributed by atoms with Crippen LogP contribution in [0.3, 0.4) is 0 Å². The second kappa shape index (κ2) is 5.47. The van der Waals surface area contributed by atoms with E-state index >= 15 is 0 Å². The molecule has 26 heavy (non-hydrogen) atoms. The summed E-state index contributed by atoms with van der Waals surface area (Å²) in [4.78, 5) is 6.59. The molecule has 1 atom stereocenters. The number of rotatable bonds is 4. The Hall–Kier alpha value is -3.06. The molecule has 7 nitrogen and oxygen atoms in total. The number of ether oxygens (including phenoxy) is 3. The molecule has 1 aromatic carbocycles. The van der Waals surface area contributed by atoms with Crippen LogP contribution in [0, 0.1) is 0 Å². The summed E-state index contributed by atoms with van der Waals surface area (Å²) in [5.41, 5.74) is 5.23. The molecule has 7 heteroatoms. The standard InChI is InChI=1S/C19H18N4O3/c1-24-17-6-13(7-20-18(17)25-2)12-3-4-16-14(5-12)10-23(19(16)11-26-19)15-8-21-22-9-15/h3-9H,10-11H2,1-2H3,(H,21,22). The highest BCUT2D eigenvalue weighted by molar-refractivity contribution is 5.69. The number of epoxide rings is 1. The van der Waals surface area contributed by atoms with Crippen LogP contribution in [0.4, 0.5) is 5.69 Å². The van der Waals surface area contributed by atoms with Gasteiger partial charge in [-0.05, 0) is 23.3 Å². The first-order chi connectivity index (χ1) is 12.7. The number of benzene rings is 1. The van der Waals surface area contributed by atoms with Crippen molar-refractivity contribution in [3.8, 4) is 22.8 Å². The van der Waals surface area contributed by atoms with Crippen LogP contribution in [0.2, 0.25) is 0 Å². The van der Waals surface area contributed by atoms with Crippen molar-refractivity contribution in [3.63, 3.8) is 0 Å². The lowest BCUT2D eigenvalue weighted by atomic mass is 9.99. The highest BCUT2D eigenvalue weighted by Gasteiger charge is 2.57. The highest BCUT2D eigenvalue weighted by atomic mass is 16.6. The van der Waals surface area contributed by atoms with Crippen molar-refractivity contribution in [2.45, 2.75) is 12.3 Å². The molecule has 1 N–H and O–H groups in total. The number of aromatic amines is 1. The van der Waals surface area contributed by atoms with E-state index in [2.05, 4.69) is 38.3 Å². The second-order valence-corrected chi connectivity index (χ2v) is 6.42. The molecule has 3 aromatic rings. The summed E-state index contributed by atoms with van der Waals surface area (Å²) in [6, 6.07) is 8.39. The van der Waals surface area contributed by atoms with Crippen LogP contribution >= 0.6 is 0 Å². The first kappa shape index (κ1) is 15.2. The van der Waals surface area contributed by atoms with Gasteiger partial charge in [-0.25, -0.2) is 4.98 Å². The Morgan fingerprint density at radius 2 is 2.04 bits per heavy atom. The van der Waals surface area contributed by atoms with Gasteiger partial charge in [0, 0.05) is 30.1 Å². The Morgan fingerprint density at radius 1 is 1.15 bits per heavy atom. The summed E-state index contributed by atoms with van der Waals surface area (Å²) in [5.74, 6) is 1.10. The molecule has 0 amide bonds. The number of anilines is 1. The van der Waals surface area contributed by atoms with E-state index in [0.29, 0.717) is 18.2 Å². The van der Waals surface area contributed by atoms with Crippen molar-refractivity contribution < 1.29 is 14.2 Å². The fourth-order valence-corrected chi connectivity index (χ4v) is 3.69. The van der Waals surface area contributed by atoms with Gasteiger partial charge in [0.2, 0.25) is 0 Å². The number of fused-ring (bicyclic) bond motifs is 2. The summed E-state index contributed by atoms with van der Waals surface area (Å²) in [7, 11) is 3.20. The molecular formula is C19H18N4O3. The van der Waals surface area contributed by atoms with Crippen molar-refractivity contribution in [1.29, 1.82) is 0 Å². The summed E-state index contributed by atoms with van der Waals surface area (Å²) >= 11 is 0. The van der Waals surface area contributed by atoms with Crippen LogP contribution in [0.5, 0.6) is 11.6 Å². The van der Waals surface area contributed by atoms with Crippen molar-refractivity contribution in [2.24, 2.45) is 0 Å². The van der Waals surface area contributed by atoms with E-state index in [4.69, 9.17) is 14.2 Å². The number of hydrogen-bond donors (Lipinski definition) is 1. The number of methoxy groups -OCH3 is 2. The number of nitrogens with zero attached hydrogens (tertiary/aromatic N) is 3. The molecule has 1 fully saturated rings. The molecule has 0 bridgehead atoms. The zero-order chi connectivity index (χ0) is 17.7. The fourth-order valence-electron chi connectivity index (χ4n) is 3.69. The smallest absolute Gasteiger partial charge is 0.256 e. The maximum absolute atomic E-state index is 5.87. The Bertz CT molecular complexity index is 967. The first-order valence-corrected chi connectivity index (χ1v) is 8.37. The molecule has 1 unspecified atom stereocenters. The lowest BCUT2D eigenvalue weighted by Crippen LogP contribution is -2.29. The minimum absolute atomic E-state index is 0.340. The van der Waals surface area contributed by atoms with Gasteiger partial charge < -0.3 is 19.1 Å². The molecule has 0 saturated carbocycles. The molecule has 2 aromatic heterocycles. The number of H-pyrrole nitrogens is 1. The normalized spacial score (nSPS) is 20.3. The van der Waals surface area contributed by atoms with Gasteiger partial charge in [-0.3, -0.25) is 5.10 Å². The molecular weight excluding hydrogens is 332 g/mol. The Balaban J connectivity index is 1.54. The van der Waals surface area contributed by atoms with Gasteiger partial charge >= 0.3 is 0 Å². The fraction of sp³-hybridized carbons (Fsp3) is 0.263. The molecule has 0 radical (unpaired) electrons. The molecule has 1 saturated heterocycles. The highest BCUT2D eigenvalue weighted by Crippen LogP contribution is 2.51. The lowest BCUT2D eigenvalue weighted by molar-refractivity contribution is 0.309. The average Bonchev–Trinajstić information content (AvgIpc) is 3.16. The van der Waals surface area contributed by atoms with Gasteiger partial charge in [0.05, 0.1) is 26.1 Å². The van der Waals surface area contributed by atoms with Crippen LogP contribution in [0.25, 0.3) is 11.1 Å². The molecule has 4 heterocycles. The predicted molar refractivity (Wildman–Crippen MR) is 95.2 cm³/mol. The van der Waals surface area contributed by atoms with E-state index in [-0.39, 0.29) is 5.72 Å². The van der Waals surface area contributed by atoms with Gasteiger partial charge in [-0.2, -0.15) is 5.10 Å². The van der Waals surface area contributed by atoms with Crippen LogP contribution in [-0.4, -0.2) is 36.0 Å². The number of aromatic nitrogens is 3. The van der Waals surface area contributed by atoms with Crippen molar-refractivity contribution in [3.05, 3.63) is 54.0 Å². The number of pyridine rings is 1. The van der Waals surface area contributed by atoms with E-state index in [9.17, 15) is 0 Å². The summed E-state index contributed by atoms with van der Waals surface area (Å²) in [5, 5.41) is 6.95. The van der Waals surface area contributed by atoms with Crippen LogP contribution in [0.15, 0.2) is 42.9 Å². The third kappa shape index (κ3) is 2.10. The van der Waals surface area contributed by atoms with Crippen molar-refractivity contribution in [1.82, 2.24) is 15.2 Å². The van der Waals surface area contributed by atoms with E-state index in [1.165, 1.54) is 11.1 Å². The van der Waals surface area contributed by atoms with E-state index in [1.54, 1.807) is 20.4 Å². The molecule has 132 valence electrons. The zero-order valence-corrected chi connectivity index (χ0v) is 14.5. The monoisotopic (exact) mass is 350 g/mol. The van der Waals surface area contributed by atoms with Crippen LogP contribution in [-0.2, 0) is 17.0 Å². The molecule has 5 rings (SSSR count). The maximum atomic E-state index is 5.87. The molecule has 1 spiro atoms. The quantitative estimate of drug-likeness (QED) is 0.729. The van der Waals surface area contributed by atoms with Gasteiger partial charge in [-0.1, -0.05) is 12.1 Å². The molecule has 2 aliphatic rings. The number of hydrogen-bond acceptors (Lipinski definition) is 6. The van der Waals surface area contributed by atoms with Gasteiger partial charge in [0.25, 0.3) is 5.88 Å². The predicted octanol–water partition coefficient (Wildman–Crippen LogP) is 2.69. The Kier molecular flexibility index (Phi) is 3.20. The van der Waals surface area contributed by atoms with Crippen LogP contribution < -0.4 is 14.4 Å². The van der Waals surface area contributed by atoms with Crippen molar-refractivity contribution >= 4 is 5.69 Å². The average molecular weight is 350 g/mol. The minimum atomic E-state index is -0.340. The maximum Gasteiger partial charge on any atom is 0.256 e. The summed E-state index contributed by atoms with van der Waals surface area (Å²) in [6.45, 7) is 1.48. The van der Waals surface area contributed by atoms with Gasteiger partial charge in [0.15, 0.2) is 11.5 Å². The van der Waals surface area contributed by atoms with Gasteiger partial charge in [0.1, 0.15) is 6.61 Å². The third-order valence-corrected chi connectivity index (χ3v) is 5.07. The van der Waals surface area contributed by atoms with Crippen molar-refractivity contribution in [2.75, 3.05) is 25.7 Å². The summed E-state index contributed by atoms with van der Waals surface area (Å²) < 4.78 is 16.5. The topological polar surface area (TPSA) is 75.8 Å². The number of nitrogens with one attached hydrogen (secondary N) is 1. The summed E-state index contributed by atoms with van der Waals surface area (Å²) in [6.07, 6.45) is 5.53. The van der Waals surface area contributed by atoms with E-state index in [0.717, 1.165) is 23.4 Å². The first-order valence-electron chi connectivity index (χ1n) is 8.37. The minimum Gasteiger partial charge on any atom is -0.491 e. The lowest BCUT2D eigenvalue weighted by Gasteiger charge is -2.21. The second-order valence-electron chi connectivity index (χ2n) is 6.42. The van der Waals surface area contributed by atoms with E-state index < -0.39 is 0 Å². The third-order valence-electron chi connectivity index (χ3n) is 5.07. The molecule has 0 aliphatic carbocycles. The largest absolute Gasteiger partial charge is 0.491 e. The molecule has 2 aliphatic heterocycles. The zero-order valence-electron chi connectivity index (χ0n) is 14.5.